The van der Waals surface area contributed by atoms with Crippen LogP contribution in [0.2, 0.25) is 5.02 Å². The Hall–Kier alpha value is -0.740. The quantitative estimate of drug-likeness (QED) is 0.848. The van der Waals surface area contributed by atoms with Gasteiger partial charge < -0.3 is 5.32 Å². The van der Waals surface area contributed by atoms with Crippen molar-refractivity contribution in [2.24, 2.45) is 10.4 Å². The number of hydrogen-bond acceptors (Lipinski definition) is 3. The van der Waals surface area contributed by atoms with Gasteiger partial charge in [0.25, 0.3) is 0 Å². The van der Waals surface area contributed by atoms with Crippen LogP contribution in [0.3, 0.4) is 0 Å². The summed E-state index contributed by atoms with van der Waals surface area (Å²) in [5.41, 5.74) is 0.985. The van der Waals surface area contributed by atoms with E-state index in [2.05, 4.69) is 31.1 Å². The summed E-state index contributed by atoms with van der Waals surface area (Å²) in [4.78, 5) is 4.46. The van der Waals surface area contributed by atoms with Crippen molar-refractivity contribution in [3.05, 3.63) is 29.0 Å². The summed E-state index contributed by atoms with van der Waals surface area (Å²) < 4.78 is 13.3. The Morgan fingerprint density at radius 2 is 2.21 bits per heavy atom. The van der Waals surface area contributed by atoms with Crippen molar-refractivity contribution in [1.82, 2.24) is 0 Å². The summed E-state index contributed by atoms with van der Waals surface area (Å²) >= 11 is 7.38. The van der Waals surface area contributed by atoms with Crippen molar-refractivity contribution in [2.45, 2.75) is 32.4 Å². The van der Waals surface area contributed by atoms with E-state index in [4.69, 9.17) is 11.6 Å². The molecule has 0 radical (unpaired) electrons. The number of nitrogens with one attached hydrogen (secondary N) is 1. The third-order valence-corrected chi connectivity index (χ3v) is 4.14. The number of halogens is 2. The molecule has 2 nitrogen and oxygen atoms in total. The maximum atomic E-state index is 13.3. The zero-order valence-corrected chi connectivity index (χ0v) is 12.9. The molecule has 104 valence electrons. The van der Waals surface area contributed by atoms with Crippen molar-refractivity contribution >= 4 is 34.2 Å². The van der Waals surface area contributed by atoms with Crippen LogP contribution in [0.5, 0.6) is 0 Å². The molecule has 1 aliphatic heterocycles. The highest BCUT2D eigenvalue weighted by atomic mass is 35.5. The maximum absolute atomic E-state index is 13.3. The number of benzene rings is 1. The normalized spacial score (nSPS) is 19.4. The lowest BCUT2D eigenvalue weighted by Gasteiger charge is -2.21. The smallest absolute Gasteiger partial charge is 0.161 e. The Morgan fingerprint density at radius 3 is 2.84 bits per heavy atom. The number of nitrogens with zero attached hydrogens (tertiary/aromatic N) is 1. The van der Waals surface area contributed by atoms with Gasteiger partial charge in [-0.1, -0.05) is 44.1 Å². The second-order valence-electron chi connectivity index (χ2n) is 5.90. The molecule has 19 heavy (non-hydrogen) atoms. The Labute approximate surface area is 122 Å². The van der Waals surface area contributed by atoms with Crippen LogP contribution in [0.25, 0.3) is 0 Å². The summed E-state index contributed by atoms with van der Waals surface area (Å²) in [5.74, 6) is -0.415. The van der Waals surface area contributed by atoms with Gasteiger partial charge in [0.15, 0.2) is 5.17 Å². The number of thioether (sulfide) groups is 1. The second-order valence-corrected chi connectivity index (χ2v) is 7.60. The van der Waals surface area contributed by atoms with Crippen molar-refractivity contribution < 1.29 is 4.39 Å². The van der Waals surface area contributed by atoms with Crippen LogP contribution in [0.4, 0.5) is 10.1 Å². The number of hydrogen-bond donors (Lipinski definition) is 1. The number of amidine groups is 1. The minimum absolute atomic E-state index is 0.136. The average Bonchev–Trinajstić information content (AvgIpc) is 2.68. The van der Waals surface area contributed by atoms with E-state index in [9.17, 15) is 4.39 Å². The van der Waals surface area contributed by atoms with Gasteiger partial charge in [0.1, 0.15) is 5.82 Å². The first-order valence-electron chi connectivity index (χ1n) is 6.27. The topological polar surface area (TPSA) is 24.4 Å². The largest absolute Gasteiger partial charge is 0.335 e. The molecule has 1 N–H and O–H groups in total. The Morgan fingerprint density at radius 1 is 1.47 bits per heavy atom. The lowest BCUT2D eigenvalue weighted by atomic mass is 9.90. The summed E-state index contributed by atoms with van der Waals surface area (Å²) in [6.07, 6.45) is 1.11. The SMILES string of the molecule is CC(C)(C)CC1CN=C(Nc2ccc(Cl)c(F)c2)S1. The highest BCUT2D eigenvalue weighted by Crippen LogP contribution is 2.32. The zero-order chi connectivity index (χ0) is 14.0. The fraction of sp³-hybridized carbons (Fsp3) is 0.500. The van der Waals surface area contributed by atoms with Gasteiger partial charge in [-0.25, -0.2) is 4.39 Å². The standard InChI is InChI=1S/C14H18ClFN2S/c1-14(2,3)7-10-8-17-13(19-10)18-9-4-5-11(15)12(16)6-9/h4-6,10H,7-8H2,1-3H3,(H,17,18). The van der Waals surface area contributed by atoms with Crippen LogP contribution in [0, 0.1) is 11.2 Å². The Kier molecular flexibility index (Phi) is 4.41. The minimum Gasteiger partial charge on any atom is -0.335 e. The van der Waals surface area contributed by atoms with E-state index in [1.54, 1.807) is 23.9 Å². The molecule has 1 aliphatic rings. The monoisotopic (exact) mass is 300 g/mol. The summed E-state index contributed by atoms with van der Waals surface area (Å²) in [5, 5.41) is 4.63. The van der Waals surface area contributed by atoms with Gasteiger partial charge in [0.05, 0.1) is 11.6 Å². The second kappa shape index (κ2) is 5.71. The number of anilines is 1. The van der Waals surface area contributed by atoms with Crippen molar-refractivity contribution in [3.8, 4) is 0 Å². The molecule has 1 aromatic rings. The van der Waals surface area contributed by atoms with Crippen LogP contribution < -0.4 is 5.32 Å². The molecule has 2 rings (SSSR count). The molecule has 0 saturated heterocycles. The van der Waals surface area contributed by atoms with Crippen LogP contribution >= 0.6 is 23.4 Å². The zero-order valence-electron chi connectivity index (χ0n) is 11.3. The molecule has 0 bridgehead atoms. The lowest BCUT2D eigenvalue weighted by Crippen LogP contribution is -2.16. The lowest BCUT2D eigenvalue weighted by molar-refractivity contribution is 0.375. The minimum atomic E-state index is -0.415. The van der Waals surface area contributed by atoms with Gasteiger partial charge in [-0.2, -0.15) is 0 Å². The summed E-state index contributed by atoms with van der Waals surface area (Å²) in [7, 11) is 0. The first-order valence-corrected chi connectivity index (χ1v) is 7.52. The average molecular weight is 301 g/mol. The molecular formula is C14H18ClFN2S. The maximum Gasteiger partial charge on any atom is 0.161 e. The van der Waals surface area contributed by atoms with E-state index in [1.807, 2.05) is 0 Å². The molecule has 1 unspecified atom stereocenters. The van der Waals surface area contributed by atoms with Crippen molar-refractivity contribution in [3.63, 3.8) is 0 Å². The highest BCUT2D eigenvalue weighted by molar-refractivity contribution is 8.15. The van der Waals surface area contributed by atoms with Crippen molar-refractivity contribution in [2.75, 3.05) is 11.9 Å². The van der Waals surface area contributed by atoms with Crippen LogP contribution in [-0.2, 0) is 0 Å². The fourth-order valence-electron chi connectivity index (χ4n) is 1.97. The van der Waals surface area contributed by atoms with Crippen LogP contribution in [-0.4, -0.2) is 17.0 Å². The van der Waals surface area contributed by atoms with E-state index in [-0.39, 0.29) is 5.02 Å². The van der Waals surface area contributed by atoms with E-state index in [0.29, 0.717) is 16.4 Å². The third kappa shape index (κ3) is 4.39. The number of aliphatic imine (C=N–C) groups is 1. The molecule has 1 atom stereocenters. The van der Waals surface area contributed by atoms with Gasteiger partial charge in [-0.15, -0.1) is 0 Å². The summed E-state index contributed by atoms with van der Waals surface area (Å²) in [6, 6.07) is 4.69. The molecule has 0 amide bonds. The molecule has 0 fully saturated rings. The molecule has 0 saturated carbocycles. The van der Waals surface area contributed by atoms with E-state index < -0.39 is 5.82 Å². The molecule has 0 spiro atoms. The van der Waals surface area contributed by atoms with Crippen LogP contribution in [0.1, 0.15) is 27.2 Å². The van der Waals surface area contributed by atoms with E-state index in [0.717, 1.165) is 18.1 Å². The third-order valence-electron chi connectivity index (χ3n) is 2.73. The molecule has 0 aromatic heterocycles. The molecule has 5 heteroatoms. The Bertz CT molecular complexity index is 497. The van der Waals surface area contributed by atoms with Crippen molar-refractivity contribution in [1.29, 1.82) is 0 Å². The molecular weight excluding hydrogens is 283 g/mol. The molecule has 1 aromatic carbocycles. The predicted molar refractivity (Wildman–Crippen MR) is 82.8 cm³/mol. The first kappa shape index (κ1) is 14.7. The van der Waals surface area contributed by atoms with Gasteiger partial charge in [-0.05, 0) is 30.0 Å². The van der Waals surface area contributed by atoms with Crippen LogP contribution in [0.15, 0.2) is 23.2 Å². The van der Waals surface area contributed by atoms with E-state index >= 15 is 0 Å². The van der Waals surface area contributed by atoms with Gasteiger partial charge in [-0.3, -0.25) is 4.99 Å². The first-order chi connectivity index (χ1) is 8.83. The molecule has 1 heterocycles. The van der Waals surface area contributed by atoms with Gasteiger partial charge in [0.2, 0.25) is 0 Å². The predicted octanol–water partition coefficient (Wildman–Crippen LogP) is 4.80. The van der Waals surface area contributed by atoms with E-state index in [1.165, 1.54) is 6.07 Å². The van der Waals surface area contributed by atoms with Gasteiger partial charge in [0, 0.05) is 10.9 Å². The highest BCUT2D eigenvalue weighted by Gasteiger charge is 2.25. The molecule has 0 aliphatic carbocycles. The summed E-state index contributed by atoms with van der Waals surface area (Å²) in [6.45, 7) is 7.51. The van der Waals surface area contributed by atoms with Gasteiger partial charge >= 0.3 is 0 Å². The fourth-order valence-corrected chi connectivity index (χ4v) is 3.46. The number of rotatable bonds is 2. The Balaban J connectivity index is 1.93.